The first-order chi connectivity index (χ1) is 11.4. The van der Waals surface area contributed by atoms with Crippen molar-refractivity contribution in [3.05, 3.63) is 78.6 Å². The molecule has 0 unspecified atom stereocenters. The SMILES string of the molecule is CCc1ccc(-c2c[nH]nn2)cc1.c1ccc2ncccc2c1. The molecule has 2 aromatic heterocycles. The predicted molar refractivity (Wildman–Crippen MR) is 92.9 cm³/mol. The molecule has 0 aliphatic rings. The minimum absolute atomic E-state index is 0.891. The number of fused-ring (bicyclic) bond motifs is 1. The van der Waals surface area contributed by atoms with Crippen molar-refractivity contribution in [1.82, 2.24) is 20.4 Å². The van der Waals surface area contributed by atoms with Gasteiger partial charge in [-0.15, -0.1) is 5.10 Å². The zero-order valence-electron chi connectivity index (χ0n) is 13.0. The number of aryl methyl sites for hydroxylation is 1. The number of aromatic amines is 1. The van der Waals surface area contributed by atoms with Crippen LogP contribution < -0.4 is 0 Å². The van der Waals surface area contributed by atoms with Gasteiger partial charge in [-0.05, 0) is 24.1 Å². The van der Waals surface area contributed by atoms with Crippen molar-refractivity contribution in [2.75, 3.05) is 0 Å². The van der Waals surface area contributed by atoms with Crippen molar-refractivity contribution in [1.29, 1.82) is 0 Å². The van der Waals surface area contributed by atoms with E-state index in [0.29, 0.717) is 0 Å². The zero-order chi connectivity index (χ0) is 15.9. The summed E-state index contributed by atoms with van der Waals surface area (Å²) in [4.78, 5) is 4.18. The Kier molecular flexibility index (Phi) is 4.74. The summed E-state index contributed by atoms with van der Waals surface area (Å²) in [6.45, 7) is 2.14. The highest BCUT2D eigenvalue weighted by atomic mass is 15.3. The minimum Gasteiger partial charge on any atom is -0.265 e. The fourth-order valence-corrected chi connectivity index (χ4v) is 2.27. The first-order valence-corrected chi connectivity index (χ1v) is 7.62. The molecule has 2 aromatic carbocycles. The molecule has 0 aliphatic carbocycles. The van der Waals surface area contributed by atoms with Gasteiger partial charge in [0, 0.05) is 23.3 Å². The Hall–Kier alpha value is -3.01. The van der Waals surface area contributed by atoms with Crippen molar-refractivity contribution < 1.29 is 0 Å². The monoisotopic (exact) mass is 302 g/mol. The van der Waals surface area contributed by atoms with Gasteiger partial charge in [0.2, 0.25) is 0 Å². The first kappa shape index (κ1) is 14.9. The number of benzene rings is 2. The largest absolute Gasteiger partial charge is 0.265 e. The number of H-pyrrole nitrogens is 1. The lowest BCUT2D eigenvalue weighted by Crippen LogP contribution is -1.81. The van der Waals surface area contributed by atoms with Crippen LogP contribution in [0.15, 0.2) is 73.1 Å². The summed E-state index contributed by atoms with van der Waals surface area (Å²) >= 11 is 0. The highest BCUT2D eigenvalue weighted by Gasteiger charge is 1.98. The van der Waals surface area contributed by atoms with E-state index in [9.17, 15) is 0 Å². The van der Waals surface area contributed by atoms with Crippen molar-refractivity contribution in [3.8, 4) is 11.3 Å². The van der Waals surface area contributed by atoms with Gasteiger partial charge in [-0.3, -0.25) is 10.1 Å². The maximum absolute atomic E-state index is 4.18. The lowest BCUT2D eigenvalue weighted by molar-refractivity contribution is 0.942. The second-order valence-electron chi connectivity index (χ2n) is 5.11. The summed E-state index contributed by atoms with van der Waals surface area (Å²) in [6, 6.07) is 20.4. The van der Waals surface area contributed by atoms with Crippen LogP contribution in [0.2, 0.25) is 0 Å². The molecular weight excluding hydrogens is 284 g/mol. The van der Waals surface area contributed by atoms with Crippen molar-refractivity contribution in [3.63, 3.8) is 0 Å². The van der Waals surface area contributed by atoms with Gasteiger partial charge >= 0.3 is 0 Å². The van der Waals surface area contributed by atoms with Gasteiger partial charge in [-0.2, -0.15) is 0 Å². The summed E-state index contributed by atoms with van der Waals surface area (Å²) in [5, 5.41) is 11.5. The molecule has 0 radical (unpaired) electrons. The molecule has 114 valence electrons. The van der Waals surface area contributed by atoms with E-state index in [1.807, 2.05) is 30.5 Å². The van der Waals surface area contributed by atoms with Crippen molar-refractivity contribution in [2.24, 2.45) is 0 Å². The Morgan fingerprint density at radius 2 is 1.70 bits per heavy atom. The molecule has 0 atom stereocenters. The summed E-state index contributed by atoms with van der Waals surface area (Å²) in [7, 11) is 0. The smallest absolute Gasteiger partial charge is 0.112 e. The van der Waals surface area contributed by atoms with Crippen LogP contribution in [0.25, 0.3) is 22.2 Å². The van der Waals surface area contributed by atoms with E-state index in [2.05, 4.69) is 63.7 Å². The second kappa shape index (κ2) is 7.31. The van der Waals surface area contributed by atoms with Crippen molar-refractivity contribution in [2.45, 2.75) is 13.3 Å². The molecule has 4 rings (SSSR count). The third-order valence-electron chi connectivity index (χ3n) is 3.59. The van der Waals surface area contributed by atoms with Gasteiger partial charge < -0.3 is 0 Å². The van der Waals surface area contributed by atoms with Gasteiger partial charge in [-0.25, -0.2) is 0 Å². The normalized spacial score (nSPS) is 10.1. The van der Waals surface area contributed by atoms with Crippen LogP contribution in [0.4, 0.5) is 0 Å². The summed E-state index contributed by atoms with van der Waals surface area (Å²) in [5.74, 6) is 0. The molecule has 4 nitrogen and oxygen atoms in total. The number of nitrogens with one attached hydrogen (secondary N) is 1. The average Bonchev–Trinajstić information content (AvgIpc) is 3.17. The van der Waals surface area contributed by atoms with Gasteiger partial charge in [0.1, 0.15) is 5.69 Å². The Labute approximate surface area is 135 Å². The van der Waals surface area contributed by atoms with Gasteiger partial charge in [-0.1, -0.05) is 60.7 Å². The van der Waals surface area contributed by atoms with Crippen LogP contribution >= 0.6 is 0 Å². The third-order valence-corrected chi connectivity index (χ3v) is 3.59. The lowest BCUT2D eigenvalue weighted by Gasteiger charge is -1.97. The number of para-hydroxylation sites is 1. The highest BCUT2D eigenvalue weighted by Crippen LogP contribution is 2.15. The van der Waals surface area contributed by atoms with Crippen LogP contribution in [0.5, 0.6) is 0 Å². The highest BCUT2D eigenvalue weighted by molar-refractivity contribution is 5.77. The molecule has 2 heterocycles. The number of hydrogen-bond acceptors (Lipinski definition) is 3. The van der Waals surface area contributed by atoms with Crippen LogP contribution in [-0.2, 0) is 6.42 Å². The van der Waals surface area contributed by atoms with E-state index in [1.54, 1.807) is 6.20 Å². The Bertz CT molecular complexity index is 787. The summed E-state index contributed by atoms with van der Waals surface area (Å²) < 4.78 is 0. The zero-order valence-corrected chi connectivity index (χ0v) is 13.0. The predicted octanol–water partition coefficient (Wildman–Crippen LogP) is 4.27. The number of hydrogen-bond donors (Lipinski definition) is 1. The van der Waals surface area contributed by atoms with Gasteiger partial charge in [0.25, 0.3) is 0 Å². The molecule has 4 aromatic rings. The molecule has 0 fully saturated rings. The molecule has 0 aliphatic heterocycles. The Balaban J connectivity index is 0.000000140. The number of rotatable bonds is 2. The van der Waals surface area contributed by atoms with E-state index in [-0.39, 0.29) is 0 Å². The number of pyridine rings is 1. The third kappa shape index (κ3) is 3.80. The molecular formula is C19H18N4. The van der Waals surface area contributed by atoms with E-state index >= 15 is 0 Å². The molecule has 23 heavy (non-hydrogen) atoms. The maximum atomic E-state index is 4.18. The maximum Gasteiger partial charge on any atom is 0.112 e. The fraction of sp³-hybridized carbons (Fsp3) is 0.105. The van der Waals surface area contributed by atoms with E-state index < -0.39 is 0 Å². The van der Waals surface area contributed by atoms with Gasteiger partial charge in [0.05, 0.1) is 5.52 Å². The number of nitrogens with zero attached hydrogens (tertiary/aromatic N) is 3. The second-order valence-corrected chi connectivity index (χ2v) is 5.11. The van der Waals surface area contributed by atoms with Gasteiger partial charge in [0.15, 0.2) is 0 Å². The topological polar surface area (TPSA) is 54.5 Å². The minimum atomic E-state index is 0.891. The molecule has 0 bridgehead atoms. The van der Waals surface area contributed by atoms with E-state index in [0.717, 1.165) is 23.2 Å². The average molecular weight is 302 g/mol. The van der Waals surface area contributed by atoms with Crippen molar-refractivity contribution >= 4 is 10.9 Å². The summed E-state index contributed by atoms with van der Waals surface area (Å²) in [5.41, 5.74) is 4.39. The quantitative estimate of drug-likeness (QED) is 0.601. The lowest BCUT2D eigenvalue weighted by atomic mass is 10.1. The molecule has 0 amide bonds. The standard InChI is InChI=1S/C10H11N3.C9H7N/c1-2-8-3-5-9(6-4-8)10-7-11-13-12-10;1-2-6-9-8(4-1)5-3-7-10-9/h3-7H,2H2,1H3,(H,11,12,13);1-7H. The van der Waals surface area contributed by atoms with Crippen LogP contribution in [0, 0.1) is 0 Å². The summed E-state index contributed by atoms with van der Waals surface area (Å²) in [6.07, 6.45) is 4.67. The fourth-order valence-electron chi connectivity index (χ4n) is 2.27. The Morgan fingerprint density at radius 1 is 0.913 bits per heavy atom. The van der Waals surface area contributed by atoms with Crippen LogP contribution in [0.3, 0.4) is 0 Å². The van der Waals surface area contributed by atoms with Crippen LogP contribution in [0.1, 0.15) is 12.5 Å². The molecule has 4 heteroatoms. The molecule has 0 saturated carbocycles. The first-order valence-electron chi connectivity index (χ1n) is 7.62. The number of aromatic nitrogens is 4. The van der Waals surface area contributed by atoms with E-state index in [1.165, 1.54) is 10.9 Å². The molecule has 1 N–H and O–H groups in total. The molecule has 0 spiro atoms. The van der Waals surface area contributed by atoms with Crippen LogP contribution in [-0.4, -0.2) is 20.4 Å². The van der Waals surface area contributed by atoms with E-state index in [4.69, 9.17) is 0 Å². The molecule has 0 saturated heterocycles. The Morgan fingerprint density at radius 3 is 2.39 bits per heavy atom.